The van der Waals surface area contributed by atoms with Crippen molar-refractivity contribution in [3.8, 4) is 0 Å². The second kappa shape index (κ2) is 4.75. The standard InChI is InChI=1S/C17H15FO2/c18-15-8-6-14(7-9-15)17(16(19)20)10-13(11-17)12-4-2-1-3-5-12/h1-9,13H,10-11H2,(H,19,20). The highest BCUT2D eigenvalue weighted by molar-refractivity contribution is 5.83. The highest BCUT2D eigenvalue weighted by Crippen LogP contribution is 2.52. The van der Waals surface area contributed by atoms with Gasteiger partial charge in [-0.25, -0.2) is 4.39 Å². The van der Waals surface area contributed by atoms with Gasteiger partial charge in [-0.3, -0.25) is 4.79 Å². The Morgan fingerprint density at radius 1 is 1.05 bits per heavy atom. The van der Waals surface area contributed by atoms with E-state index in [1.807, 2.05) is 30.3 Å². The normalized spacial score (nSPS) is 24.9. The number of carboxylic acid groups (broad SMARTS) is 1. The van der Waals surface area contributed by atoms with Gasteiger partial charge in [0, 0.05) is 0 Å². The van der Waals surface area contributed by atoms with Crippen molar-refractivity contribution in [3.63, 3.8) is 0 Å². The van der Waals surface area contributed by atoms with Gasteiger partial charge in [-0.2, -0.15) is 0 Å². The van der Waals surface area contributed by atoms with Gasteiger partial charge in [0.25, 0.3) is 0 Å². The molecule has 2 nitrogen and oxygen atoms in total. The monoisotopic (exact) mass is 270 g/mol. The average Bonchev–Trinajstić information content (AvgIpc) is 2.40. The molecule has 0 atom stereocenters. The zero-order chi connectivity index (χ0) is 14.2. The molecule has 0 radical (unpaired) electrons. The number of benzene rings is 2. The molecule has 102 valence electrons. The van der Waals surface area contributed by atoms with E-state index in [0.717, 1.165) is 0 Å². The van der Waals surface area contributed by atoms with E-state index in [9.17, 15) is 14.3 Å². The summed E-state index contributed by atoms with van der Waals surface area (Å²) in [5.74, 6) is -0.901. The van der Waals surface area contributed by atoms with Crippen LogP contribution in [0.25, 0.3) is 0 Å². The molecule has 1 saturated carbocycles. The molecule has 3 rings (SSSR count). The first-order chi connectivity index (χ1) is 9.62. The van der Waals surface area contributed by atoms with Crippen LogP contribution >= 0.6 is 0 Å². The minimum atomic E-state index is -0.867. The largest absolute Gasteiger partial charge is 0.481 e. The van der Waals surface area contributed by atoms with Crippen LogP contribution in [0.2, 0.25) is 0 Å². The Kier molecular flexibility index (Phi) is 3.05. The number of hydrogen-bond donors (Lipinski definition) is 1. The van der Waals surface area contributed by atoms with Crippen LogP contribution in [-0.2, 0) is 10.2 Å². The molecule has 0 saturated heterocycles. The van der Waals surface area contributed by atoms with Gasteiger partial charge in [-0.05, 0) is 42.0 Å². The molecule has 0 aromatic heterocycles. The molecule has 1 fully saturated rings. The van der Waals surface area contributed by atoms with E-state index >= 15 is 0 Å². The second-order valence-electron chi connectivity index (χ2n) is 5.41. The summed E-state index contributed by atoms with van der Waals surface area (Å²) in [6.45, 7) is 0. The summed E-state index contributed by atoms with van der Waals surface area (Å²) in [7, 11) is 0. The summed E-state index contributed by atoms with van der Waals surface area (Å²) in [6.07, 6.45) is 1.13. The maximum absolute atomic E-state index is 13.0. The van der Waals surface area contributed by atoms with E-state index in [1.54, 1.807) is 12.1 Å². The lowest BCUT2D eigenvalue weighted by Gasteiger charge is -2.45. The van der Waals surface area contributed by atoms with Crippen molar-refractivity contribution in [3.05, 3.63) is 71.5 Å². The first-order valence-corrected chi connectivity index (χ1v) is 6.66. The molecule has 3 heteroatoms. The first-order valence-electron chi connectivity index (χ1n) is 6.66. The summed E-state index contributed by atoms with van der Waals surface area (Å²) >= 11 is 0. The molecule has 1 aliphatic rings. The SMILES string of the molecule is O=C(O)C1(c2ccc(F)cc2)CC(c2ccccc2)C1. The highest BCUT2D eigenvalue weighted by atomic mass is 19.1. The topological polar surface area (TPSA) is 37.3 Å². The molecule has 20 heavy (non-hydrogen) atoms. The number of carbonyl (C=O) groups is 1. The Balaban J connectivity index is 1.87. The lowest BCUT2D eigenvalue weighted by molar-refractivity contribution is -0.148. The van der Waals surface area contributed by atoms with Gasteiger partial charge in [-0.1, -0.05) is 42.5 Å². The fraction of sp³-hybridized carbons (Fsp3) is 0.235. The van der Waals surface area contributed by atoms with Gasteiger partial charge in [-0.15, -0.1) is 0 Å². The van der Waals surface area contributed by atoms with Crippen LogP contribution in [-0.4, -0.2) is 11.1 Å². The maximum Gasteiger partial charge on any atom is 0.314 e. The lowest BCUT2D eigenvalue weighted by atomic mass is 9.57. The molecule has 0 heterocycles. The van der Waals surface area contributed by atoms with Gasteiger partial charge < -0.3 is 5.11 Å². The van der Waals surface area contributed by atoms with Gasteiger partial charge in [0.15, 0.2) is 0 Å². The Morgan fingerprint density at radius 3 is 2.20 bits per heavy atom. The predicted octanol–water partition coefficient (Wildman–Crippen LogP) is 3.73. The fourth-order valence-electron chi connectivity index (χ4n) is 3.05. The first kappa shape index (κ1) is 12.9. The maximum atomic E-state index is 13.0. The van der Waals surface area contributed by atoms with Crippen LogP contribution in [0.3, 0.4) is 0 Å². The summed E-state index contributed by atoms with van der Waals surface area (Å²) < 4.78 is 13.0. The van der Waals surface area contributed by atoms with E-state index in [-0.39, 0.29) is 11.7 Å². The van der Waals surface area contributed by atoms with Crippen molar-refractivity contribution in [2.24, 2.45) is 0 Å². The Hall–Kier alpha value is -2.16. The summed E-state index contributed by atoms with van der Waals surface area (Å²) in [5, 5.41) is 9.58. The van der Waals surface area contributed by atoms with Crippen molar-refractivity contribution in [1.82, 2.24) is 0 Å². The molecule has 0 bridgehead atoms. The molecule has 2 aromatic rings. The number of carboxylic acids is 1. The molecule has 0 unspecified atom stereocenters. The van der Waals surface area contributed by atoms with E-state index in [2.05, 4.69) is 0 Å². The van der Waals surface area contributed by atoms with Crippen molar-refractivity contribution in [1.29, 1.82) is 0 Å². The number of rotatable bonds is 3. The van der Waals surface area contributed by atoms with Crippen LogP contribution in [0.4, 0.5) is 4.39 Å². The van der Waals surface area contributed by atoms with Gasteiger partial charge in [0.05, 0.1) is 5.41 Å². The predicted molar refractivity (Wildman–Crippen MR) is 74.1 cm³/mol. The van der Waals surface area contributed by atoms with E-state index < -0.39 is 11.4 Å². The second-order valence-corrected chi connectivity index (χ2v) is 5.41. The minimum Gasteiger partial charge on any atom is -0.481 e. The zero-order valence-electron chi connectivity index (χ0n) is 10.9. The van der Waals surface area contributed by atoms with E-state index in [4.69, 9.17) is 0 Å². The van der Waals surface area contributed by atoms with Crippen molar-refractivity contribution < 1.29 is 14.3 Å². The third kappa shape index (κ3) is 1.99. The fourth-order valence-corrected chi connectivity index (χ4v) is 3.05. The molecular weight excluding hydrogens is 255 g/mol. The number of halogens is 1. The Morgan fingerprint density at radius 2 is 1.65 bits per heavy atom. The third-order valence-corrected chi connectivity index (χ3v) is 4.27. The quantitative estimate of drug-likeness (QED) is 0.922. The van der Waals surface area contributed by atoms with Gasteiger partial charge in [0.1, 0.15) is 5.82 Å². The third-order valence-electron chi connectivity index (χ3n) is 4.27. The van der Waals surface area contributed by atoms with Gasteiger partial charge in [0.2, 0.25) is 0 Å². The zero-order valence-corrected chi connectivity index (χ0v) is 10.9. The molecule has 1 N–H and O–H groups in total. The van der Waals surface area contributed by atoms with Gasteiger partial charge >= 0.3 is 5.97 Å². The molecule has 0 amide bonds. The summed E-state index contributed by atoms with van der Waals surface area (Å²) in [4.78, 5) is 11.7. The lowest BCUT2D eigenvalue weighted by Crippen LogP contribution is -2.46. The van der Waals surface area contributed by atoms with Crippen molar-refractivity contribution in [2.75, 3.05) is 0 Å². The van der Waals surface area contributed by atoms with Crippen LogP contribution in [0.1, 0.15) is 29.9 Å². The van der Waals surface area contributed by atoms with Crippen molar-refractivity contribution in [2.45, 2.75) is 24.2 Å². The summed E-state index contributed by atoms with van der Waals surface area (Å²) in [5.41, 5.74) is 0.999. The van der Waals surface area contributed by atoms with Crippen LogP contribution in [0.5, 0.6) is 0 Å². The molecule has 2 aromatic carbocycles. The molecule has 0 spiro atoms. The van der Waals surface area contributed by atoms with E-state index in [1.165, 1.54) is 17.7 Å². The smallest absolute Gasteiger partial charge is 0.314 e. The van der Waals surface area contributed by atoms with Crippen LogP contribution in [0.15, 0.2) is 54.6 Å². The van der Waals surface area contributed by atoms with Crippen LogP contribution in [0, 0.1) is 5.82 Å². The number of hydrogen-bond acceptors (Lipinski definition) is 1. The van der Waals surface area contributed by atoms with Crippen molar-refractivity contribution >= 4 is 5.97 Å². The van der Waals surface area contributed by atoms with Crippen LogP contribution < -0.4 is 0 Å². The average molecular weight is 270 g/mol. The Labute approximate surface area is 116 Å². The Bertz CT molecular complexity index is 613. The van der Waals surface area contributed by atoms with E-state index in [0.29, 0.717) is 18.4 Å². The highest BCUT2D eigenvalue weighted by Gasteiger charge is 2.51. The molecular formula is C17H15FO2. The summed E-state index contributed by atoms with van der Waals surface area (Å²) in [6, 6.07) is 15.8. The molecule has 0 aliphatic heterocycles. The molecule has 1 aliphatic carbocycles. The minimum absolute atomic E-state index is 0.261. The number of aliphatic carboxylic acids is 1.